The summed E-state index contributed by atoms with van der Waals surface area (Å²) in [6, 6.07) is 0. The quantitative estimate of drug-likeness (QED) is 0.580. The number of rotatable bonds is 4. The maximum Gasteiger partial charge on any atom is 0.323 e. The van der Waals surface area contributed by atoms with Crippen LogP contribution in [0.15, 0.2) is 0 Å². The highest BCUT2D eigenvalue weighted by Gasteiger charge is 2.52. The molecule has 0 aromatic carbocycles. The zero-order valence-electron chi connectivity index (χ0n) is 11.4. The van der Waals surface area contributed by atoms with E-state index in [9.17, 15) is 9.59 Å². The molecule has 0 aliphatic heterocycles. The maximum absolute atomic E-state index is 12.4. The van der Waals surface area contributed by atoms with Gasteiger partial charge in [0.2, 0.25) is 0 Å². The highest BCUT2D eigenvalue weighted by Crippen LogP contribution is 2.42. The molecule has 0 aromatic rings. The number of ether oxygens (including phenoxy) is 2. The van der Waals surface area contributed by atoms with Gasteiger partial charge in [0.05, 0.1) is 0 Å². The Morgan fingerprint density at radius 3 is 1.47 bits per heavy atom. The van der Waals surface area contributed by atoms with E-state index in [1.54, 1.807) is 0 Å². The summed E-state index contributed by atoms with van der Waals surface area (Å²) in [4.78, 5) is 24.8. The second-order valence-electron chi connectivity index (χ2n) is 6.21. The summed E-state index contributed by atoms with van der Waals surface area (Å²) in [5.74, 6) is -0.641. The summed E-state index contributed by atoms with van der Waals surface area (Å²) < 4.78 is 11.0. The molecule has 0 aromatic heterocycles. The zero-order valence-corrected chi connectivity index (χ0v) is 11.4. The van der Waals surface area contributed by atoms with Crippen LogP contribution in [0.3, 0.4) is 0 Å². The third-order valence-corrected chi connectivity index (χ3v) is 4.89. The van der Waals surface area contributed by atoms with Crippen LogP contribution in [0.4, 0.5) is 0 Å². The molecule has 4 heteroatoms. The van der Waals surface area contributed by atoms with Gasteiger partial charge in [-0.25, -0.2) is 0 Å². The molecule has 106 valence electrons. The first-order chi connectivity index (χ1) is 9.21. The van der Waals surface area contributed by atoms with Gasteiger partial charge in [-0.05, 0) is 51.4 Å². The van der Waals surface area contributed by atoms with Crippen molar-refractivity contribution in [3.63, 3.8) is 0 Å². The first-order valence-electron chi connectivity index (χ1n) is 7.63. The fourth-order valence-electron chi connectivity index (χ4n) is 2.98. The Kier molecular flexibility index (Phi) is 3.50. The summed E-state index contributed by atoms with van der Waals surface area (Å²) in [6.45, 7) is 0. The molecule has 3 rings (SSSR count). The SMILES string of the molecule is O=C(OC1CCC1)C1(C(=O)OC2CCC2)CCCC1. The van der Waals surface area contributed by atoms with Crippen molar-refractivity contribution in [2.24, 2.45) is 5.41 Å². The van der Waals surface area contributed by atoms with E-state index >= 15 is 0 Å². The van der Waals surface area contributed by atoms with Gasteiger partial charge in [0.15, 0.2) is 5.41 Å². The van der Waals surface area contributed by atoms with Crippen molar-refractivity contribution in [1.29, 1.82) is 0 Å². The van der Waals surface area contributed by atoms with Crippen LogP contribution >= 0.6 is 0 Å². The molecule has 3 saturated carbocycles. The highest BCUT2D eigenvalue weighted by molar-refractivity contribution is 6.00. The van der Waals surface area contributed by atoms with Crippen molar-refractivity contribution in [2.45, 2.75) is 76.4 Å². The van der Waals surface area contributed by atoms with Gasteiger partial charge in [-0.3, -0.25) is 9.59 Å². The molecule has 0 atom stereocenters. The summed E-state index contributed by atoms with van der Waals surface area (Å²) >= 11 is 0. The topological polar surface area (TPSA) is 52.6 Å². The third-order valence-electron chi connectivity index (χ3n) is 4.89. The molecule has 3 fully saturated rings. The monoisotopic (exact) mass is 266 g/mol. The standard InChI is InChI=1S/C15H22O4/c16-13(18-11-5-3-6-11)15(9-1-2-10-15)14(17)19-12-7-4-8-12/h11-12H,1-10H2. The molecule has 0 unspecified atom stereocenters. The van der Waals surface area contributed by atoms with E-state index in [2.05, 4.69) is 0 Å². The molecular weight excluding hydrogens is 244 g/mol. The Bertz CT molecular complexity index is 332. The van der Waals surface area contributed by atoms with Gasteiger partial charge in [-0.2, -0.15) is 0 Å². The van der Waals surface area contributed by atoms with E-state index in [4.69, 9.17) is 9.47 Å². The fraction of sp³-hybridized carbons (Fsp3) is 0.867. The van der Waals surface area contributed by atoms with Crippen LogP contribution in [0, 0.1) is 5.41 Å². The fourth-order valence-corrected chi connectivity index (χ4v) is 2.98. The normalized spacial score (nSPS) is 26.3. The lowest BCUT2D eigenvalue weighted by molar-refractivity contribution is -0.182. The van der Waals surface area contributed by atoms with Crippen LogP contribution in [0.2, 0.25) is 0 Å². The van der Waals surface area contributed by atoms with E-state index < -0.39 is 5.41 Å². The molecule has 0 amide bonds. The van der Waals surface area contributed by atoms with Gasteiger partial charge >= 0.3 is 11.9 Å². The number of esters is 2. The first kappa shape index (κ1) is 12.9. The molecule has 0 bridgehead atoms. The van der Waals surface area contributed by atoms with E-state index in [1.807, 2.05) is 0 Å². The molecule has 0 radical (unpaired) electrons. The summed E-state index contributed by atoms with van der Waals surface area (Å²) in [5, 5.41) is 0. The van der Waals surface area contributed by atoms with Crippen LogP contribution in [0.1, 0.15) is 64.2 Å². The van der Waals surface area contributed by atoms with Gasteiger partial charge in [-0.15, -0.1) is 0 Å². The van der Waals surface area contributed by atoms with E-state index in [0.29, 0.717) is 12.8 Å². The minimum absolute atomic E-state index is 0.0430. The Hall–Kier alpha value is -1.06. The Balaban J connectivity index is 1.65. The van der Waals surface area contributed by atoms with Crippen molar-refractivity contribution in [2.75, 3.05) is 0 Å². The average molecular weight is 266 g/mol. The van der Waals surface area contributed by atoms with Crippen molar-refractivity contribution < 1.29 is 19.1 Å². The molecule has 19 heavy (non-hydrogen) atoms. The lowest BCUT2D eigenvalue weighted by atomic mass is 9.85. The van der Waals surface area contributed by atoms with Gasteiger partial charge in [0.25, 0.3) is 0 Å². The molecule has 3 aliphatic carbocycles. The number of carbonyl (C=O) groups excluding carboxylic acids is 2. The largest absolute Gasteiger partial charge is 0.462 e. The molecule has 0 spiro atoms. The van der Waals surface area contributed by atoms with Gasteiger partial charge in [0.1, 0.15) is 12.2 Å². The predicted molar refractivity (Wildman–Crippen MR) is 68.4 cm³/mol. The van der Waals surface area contributed by atoms with Crippen molar-refractivity contribution >= 4 is 11.9 Å². The van der Waals surface area contributed by atoms with Crippen LogP contribution in [0.25, 0.3) is 0 Å². The Morgan fingerprint density at radius 2 is 1.16 bits per heavy atom. The van der Waals surface area contributed by atoms with E-state index in [-0.39, 0.29) is 24.1 Å². The van der Waals surface area contributed by atoms with Crippen molar-refractivity contribution in [3.05, 3.63) is 0 Å². The number of hydrogen-bond acceptors (Lipinski definition) is 4. The minimum atomic E-state index is -0.981. The summed E-state index contributed by atoms with van der Waals surface area (Å²) in [7, 11) is 0. The Morgan fingerprint density at radius 1 is 0.737 bits per heavy atom. The maximum atomic E-state index is 12.4. The smallest absolute Gasteiger partial charge is 0.323 e. The molecular formula is C15H22O4. The van der Waals surface area contributed by atoms with Crippen LogP contribution < -0.4 is 0 Å². The van der Waals surface area contributed by atoms with Crippen LogP contribution in [-0.4, -0.2) is 24.1 Å². The molecule has 3 aliphatic rings. The number of hydrogen-bond donors (Lipinski definition) is 0. The molecule has 0 saturated heterocycles. The van der Waals surface area contributed by atoms with Gasteiger partial charge < -0.3 is 9.47 Å². The summed E-state index contributed by atoms with van der Waals surface area (Å²) in [5.41, 5.74) is -0.981. The third kappa shape index (κ3) is 2.37. The molecule has 0 heterocycles. The zero-order chi connectivity index (χ0) is 13.3. The Labute approximate surface area is 113 Å². The lowest BCUT2D eigenvalue weighted by Crippen LogP contribution is -2.44. The number of carbonyl (C=O) groups is 2. The second-order valence-corrected chi connectivity index (χ2v) is 6.21. The average Bonchev–Trinajstić information content (AvgIpc) is 2.78. The molecule has 4 nitrogen and oxygen atoms in total. The van der Waals surface area contributed by atoms with Gasteiger partial charge in [-0.1, -0.05) is 12.8 Å². The van der Waals surface area contributed by atoms with Crippen LogP contribution in [0.5, 0.6) is 0 Å². The van der Waals surface area contributed by atoms with Crippen LogP contribution in [-0.2, 0) is 19.1 Å². The van der Waals surface area contributed by atoms with Crippen molar-refractivity contribution in [3.8, 4) is 0 Å². The highest BCUT2D eigenvalue weighted by atomic mass is 16.6. The van der Waals surface area contributed by atoms with Gasteiger partial charge in [0, 0.05) is 0 Å². The van der Waals surface area contributed by atoms with E-state index in [0.717, 1.165) is 51.4 Å². The summed E-state index contributed by atoms with van der Waals surface area (Å²) in [6.07, 6.45) is 9.14. The van der Waals surface area contributed by atoms with Crippen molar-refractivity contribution in [1.82, 2.24) is 0 Å². The minimum Gasteiger partial charge on any atom is -0.462 e. The second kappa shape index (κ2) is 5.14. The lowest BCUT2D eigenvalue weighted by Gasteiger charge is -2.33. The first-order valence-corrected chi connectivity index (χ1v) is 7.63. The predicted octanol–water partition coefficient (Wildman–Crippen LogP) is 2.74. The molecule has 0 N–H and O–H groups in total. The van der Waals surface area contributed by atoms with E-state index in [1.165, 1.54) is 0 Å².